The fourth-order valence-corrected chi connectivity index (χ4v) is 3.89. The predicted octanol–water partition coefficient (Wildman–Crippen LogP) is 5.15. The van der Waals surface area contributed by atoms with Crippen molar-refractivity contribution < 1.29 is 14.3 Å². The molecule has 1 amide bonds. The smallest absolute Gasteiger partial charge is 0.338 e. The van der Waals surface area contributed by atoms with Gasteiger partial charge in [-0.05, 0) is 69.2 Å². The van der Waals surface area contributed by atoms with Crippen LogP contribution in [0.15, 0.2) is 53.6 Å². The lowest BCUT2D eigenvalue weighted by molar-refractivity contribution is -0.115. The highest BCUT2D eigenvalue weighted by Gasteiger charge is 2.17. The molecule has 6 heteroatoms. The number of amides is 1. The molecule has 29 heavy (non-hydrogen) atoms. The molecule has 0 spiro atoms. The second-order valence-corrected chi connectivity index (χ2v) is 8.16. The highest BCUT2D eigenvalue weighted by atomic mass is 32.2. The van der Waals surface area contributed by atoms with Crippen molar-refractivity contribution in [3.05, 3.63) is 65.2 Å². The molecule has 0 saturated heterocycles. The Kier molecular flexibility index (Phi) is 6.54. The van der Waals surface area contributed by atoms with Gasteiger partial charge in [0.15, 0.2) is 0 Å². The zero-order valence-electron chi connectivity index (χ0n) is 17.0. The first kappa shape index (κ1) is 20.9. The maximum Gasteiger partial charge on any atom is 0.338 e. The molecule has 150 valence electrons. The molecule has 0 bridgehead atoms. The first-order chi connectivity index (χ1) is 13.9. The number of anilines is 1. The number of carbonyl (C=O) groups excluding carboxylic acids is 2. The Morgan fingerprint density at radius 1 is 1.10 bits per heavy atom. The third-order valence-corrected chi connectivity index (χ3v) is 5.57. The molecule has 2 aromatic carbocycles. The summed E-state index contributed by atoms with van der Waals surface area (Å²) in [4.78, 5) is 29.1. The number of ether oxygens (including phenoxy) is 1. The number of hydrogen-bond acceptors (Lipinski definition) is 5. The average Bonchev–Trinajstić information content (AvgIpc) is 2.69. The van der Waals surface area contributed by atoms with Crippen LogP contribution in [0.25, 0.3) is 10.9 Å². The topological polar surface area (TPSA) is 68.3 Å². The highest BCUT2D eigenvalue weighted by molar-refractivity contribution is 8.00. The van der Waals surface area contributed by atoms with Crippen molar-refractivity contribution in [3.8, 4) is 0 Å². The minimum atomic E-state index is -0.373. The van der Waals surface area contributed by atoms with Crippen molar-refractivity contribution in [1.29, 1.82) is 0 Å². The van der Waals surface area contributed by atoms with E-state index in [1.54, 1.807) is 31.2 Å². The first-order valence-corrected chi connectivity index (χ1v) is 10.4. The van der Waals surface area contributed by atoms with Crippen LogP contribution >= 0.6 is 11.8 Å². The molecule has 1 N–H and O–H groups in total. The molecule has 0 aliphatic carbocycles. The maximum absolute atomic E-state index is 12.6. The lowest BCUT2D eigenvalue weighted by Crippen LogP contribution is -2.22. The molecule has 1 atom stereocenters. The fraction of sp³-hybridized carbons (Fsp3) is 0.261. The molecule has 0 fully saturated rings. The van der Waals surface area contributed by atoms with Gasteiger partial charge in [-0.25, -0.2) is 9.78 Å². The fourth-order valence-electron chi connectivity index (χ4n) is 2.97. The Morgan fingerprint density at radius 3 is 2.52 bits per heavy atom. The van der Waals surface area contributed by atoms with Gasteiger partial charge in [0.05, 0.1) is 28.0 Å². The number of rotatable bonds is 6. The van der Waals surface area contributed by atoms with Gasteiger partial charge in [0.2, 0.25) is 5.91 Å². The number of para-hydroxylation sites is 1. The number of hydrogen-bond donors (Lipinski definition) is 1. The summed E-state index contributed by atoms with van der Waals surface area (Å²) in [7, 11) is 0. The lowest BCUT2D eigenvalue weighted by Gasteiger charge is -2.13. The largest absolute Gasteiger partial charge is 0.462 e. The zero-order valence-corrected chi connectivity index (χ0v) is 17.8. The van der Waals surface area contributed by atoms with Crippen molar-refractivity contribution in [2.75, 3.05) is 11.9 Å². The molecule has 5 nitrogen and oxygen atoms in total. The van der Waals surface area contributed by atoms with Gasteiger partial charge < -0.3 is 10.1 Å². The van der Waals surface area contributed by atoms with Gasteiger partial charge >= 0.3 is 5.97 Å². The summed E-state index contributed by atoms with van der Waals surface area (Å²) in [6.45, 7) is 8.04. The SMILES string of the molecule is CCOC(=O)c1ccc(NC(=O)C(C)Sc2cc(C)c3cccc(C)c3n2)cc1. The Bertz CT molecular complexity index is 1050. The Morgan fingerprint density at radius 2 is 1.83 bits per heavy atom. The standard InChI is InChI=1S/C23H24N2O3S/c1-5-28-23(27)17-9-11-18(12-10-17)24-22(26)16(4)29-20-13-15(3)19-8-6-7-14(2)21(19)25-20/h6-13,16H,5H2,1-4H3,(H,24,26). The Hall–Kier alpha value is -2.86. The van der Waals surface area contributed by atoms with Gasteiger partial charge in [0.1, 0.15) is 0 Å². The summed E-state index contributed by atoms with van der Waals surface area (Å²) < 4.78 is 4.97. The summed E-state index contributed by atoms with van der Waals surface area (Å²) in [6, 6.07) is 14.8. The van der Waals surface area contributed by atoms with Crippen LogP contribution in [-0.4, -0.2) is 28.7 Å². The number of pyridine rings is 1. The molecule has 3 rings (SSSR count). The van der Waals surface area contributed by atoms with Crippen molar-refractivity contribution in [3.63, 3.8) is 0 Å². The number of carbonyl (C=O) groups is 2. The molecule has 0 aliphatic heterocycles. The molecular formula is C23H24N2O3S. The molecule has 3 aromatic rings. The van der Waals surface area contributed by atoms with Gasteiger partial charge in [0.25, 0.3) is 0 Å². The zero-order chi connectivity index (χ0) is 21.0. The quantitative estimate of drug-likeness (QED) is 0.451. The molecule has 0 aliphatic rings. The van der Waals surface area contributed by atoms with E-state index in [0.717, 1.165) is 27.1 Å². The third-order valence-electron chi connectivity index (χ3n) is 4.55. The summed E-state index contributed by atoms with van der Waals surface area (Å²) in [5.74, 6) is -0.495. The molecular weight excluding hydrogens is 384 g/mol. The van der Waals surface area contributed by atoms with Gasteiger partial charge in [-0.3, -0.25) is 4.79 Å². The van der Waals surface area contributed by atoms with Gasteiger partial charge in [-0.1, -0.05) is 30.0 Å². The average molecular weight is 409 g/mol. The summed E-state index contributed by atoms with van der Waals surface area (Å²) >= 11 is 1.43. The van der Waals surface area contributed by atoms with Crippen molar-refractivity contribution in [2.24, 2.45) is 0 Å². The second kappa shape index (κ2) is 9.09. The van der Waals surface area contributed by atoms with Crippen molar-refractivity contribution in [2.45, 2.75) is 38.0 Å². The predicted molar refractivity (Wildman–Crippen MR) is 118 cm³/mol. The van der Waals surface area contributed by atoms with E-state index in [-0.39, 0.29) is 17.1 Å². The second-order valence-electron chi connectivity index (χ2n) is 6.80. The summed E-state index contributed by atoms with van der Waals surface area (Å²) in [5.41, 5.74) is 4.32. The van der Waals surface area contributed by atoms with Crippen LogP contribution in [0.3, 0.4) is 0 Å². The highest BCUT2D eigenvalue weighted by Crippen LogP contribution is 2.28. The van der Waals surface area contributed by atoms with Gasteiger partial charge in [-0.15, -0.1) is 0 Å². The van der Waals surface area contributed by atoms with E-state index >= 15 is 0 Å². The van der Waals surface area contributed by atoms with E-state index in [9.17, 15) is 9.59 Å². The monoisotopic (exact) mass is 408 g/mol. The number of nitrogens with zero attached hydrogens (tertiary/aromatic N) is 1. The molecule has 1 aromatic heterocycles. The molecule has 1 heterocycles. The number of benzene rings is 2. The van der Waals surface area contributed by atoms with E-state index < -0.39 is 0 Å². The van der Waals surface area contributed by atoms with Crippen LogP contribution < -0.4 is 5.32 Å². The number of aromatic nitrogens is 1. The van der Waals surface area contributed by atoms with Gasteiger partial charge in [0, 0.05) is 11.1 Å². The molecule has 0 saturated carbocycles. The van der Waals surface area contributed by atoms with Crippen LogP contribution in [0, 0.1) is 13.8 Å². The van der Waals surface area contributed by atoms with Crippen molar-refractivity contribution >= 4 is 40.2 Å². The van der Waals surface area contributed by atoms with E-state index in [1.165, 1.54) is 11.8 Å². The van der Waals surface area contributed by atoms with Crippen LogP contribution in [-0.2, 0) is 9.53 Å². The van der Waals surface area contributed by atoms with E-state index in [0.29, 0.717) is 17.9 Å². The van der Waals surface area contributed by atoms with Gasteiger partial charge in [-0.2, -0.15) is 0 Å². The van der Waals surface area contributed by atoms with Crippen LogP contribution in [0.5, 0.6) is 0 Å². The molecule has 0 radical (unpaired) electrons. The van der Waals surface area contributed by atoms with Crippen LogP contribution in [0.1, 0.15) is 35.3 Å². The van der Waals surface area contributed by atoms with Crippen molar-refractivity contribution in [1.82, 2.24) is 4.98 Å². The summed E-state index contributed by atoms with van der Waals surface area (Å²) in [6.07, 6.45) is 0. The third kappa shape index (κ3) is 4.95. The van der Waals surface area contributed by atoms with E-state index in [2.05, 4.69) is 18.3 Å². The lowest BCUT2D eigenvalue weighted by atomic mass is 10.1. The minimum absolute atomic E-state index is 0.122. The summed E-state index contributed by atoms with van der Waals surface area (Å²) in [5, 5.41) is 4.51. The number of thioether (sulfide) groups is 1. The number of esters is 1. The first-order valence-electron chi connectivity index (χ1n) is 9.50. The number of aryl methyl sites for hydroxylation is 2. The minimum Gasteiger partial charge on any atom is -0.462 e. The number of nitrogens with one attached hydrogen (secondary N) is 1. The Balaban J connectivity index is 1.69. The van der Waals surface area contributed by atoms with E-state index in [4.69, 9.17) is 9.72 Å². The maximum atomic E-state index is 12.6. The molecule has 1 unspecified atom stereocenters. The van der Waals surface area contributed by atoms with Crippen LogP contribution in [0.4, 0.5) is 5.69 Å². The van der Waals surface area contributed by atoms with Crippen LogP contribution in [0.2, 0.25) is 0 Å². The number of fused-ring (bicyclic) bond motifs is 1. The Labute approximate surface area is 174 Å². The van der Waals surface area contributed by atoms with E-state index in [1.807, 2.05) is 32.0 Å². The normalized spacial score (nSPS) is 11.9.